The van der Waals surface area contributed by atoms with Crippen molar-refractivity contribution in [1.82, 2.24) is 0 Å². The van der Waals surface area contributed by atoms with Gasteiger partial charge in [0.15, 0.2) is 5.78 Å². The van der Waals surface area contributed by atoms with Crippen LogP contribution >= 0.6 is 0 Å². The molecule has 2 N–H and O–H groups in total. The first kappa shape index (κ1) is 6.33. The molecule has 0 fully saturated rings. The lowest BCUT2D eigenvalue weighted by Gasteiger charge is -2.13. The van der Waals surface area contributed by atoms with Gasteiger partial charge in [0.1, 0.15) is 0 Å². The van der Waals surface area contributed by atoms with Gasteiger partial charge >= 0.3 is 0 Å². The maximum atomic E-state index is 10.8. The minimum absolute atomic E-state index is 0.179. The first-order chi connectivity index (χ1) is 4.20. The summed E-state index contributed by atoms with van der Waals surface area (Å²) in [5.41, 5.74) is 6.16. The fraction of sp³-hybridized carbons (Fsp3) is 0.571. The van der Waals surface area contributed by atoms with Crippen LogP contribution in [0.4, 0.5) is 0 Å². The molecule has 9 heavy (non-hydrogen) atoms. The van der Waals surface area contributed by atoms with Crippen LogP contribution < -0.4 is 5.73 Å². The van der Waals surface area contributed by atoms with Crippen LogP contribution in [0.15, 0.2) is 11.8 Å². The summed E-state index contributed by atoms with van der Waals surface area (Å²) in [6.07, 6.45) is 3.35. The zero-order chi connectivity index (χ0) is 6.85. The number of carbonyl (C=O) groups excluding carboxylic acids is 1. The summed E-state index contributed by atoms with van der Waals surface area (Å²) in [5.74, 6) is 0.371. The predicted octanol–water partition coefficient (Wildman–Crippen LogP) is 0.828. The van der Waals surface area contributed by atoms with E-state index in [1.54, 1.807) is 6.08 Å². The van der Waals surface area contributed by atoms with Crippen LogP contribution in [0, 0.1) is 5.92 Å². The smallest absolute Gasteiger partial charge is 0.160 e. The maximum absolute atomic E-state index is 10.8. The van der Waals surface area contributed by atoms with Crippen LogP contribution in [-0.4, -0.2) is 5.78 Å². The number of hydrogen-bond donors (Lipinski definition) is 1. The molecule has 0 spiro atoms. The van der Waals surface area contributed by atoms with E-state index in [0.29, 0.717) is 0 Å². The van der Waals surface area contributed by atoms with Gasteiger partial charge in [0.25, 0.3) is 0 Å². The second-order valence-electron chi connectivity index (χ2n) is 2.56. The average molecular weight is 125 g/mol. The molecule has 0 aromatic carbocycles. The second-order valence-corrected chi connectivity index (χ2v) is 2.56. The van der Waals surface area contributed by atoms with Crippen molar-refractivity contribution in [3.63, 3.8) is 0 Å². The lowest BCUT2D eigenvalue weighted by Crippen LogP contribution is -2.16. The van der Waals surface area contributed by atoms with Crippen LogP contribution in [0.25, 0.3) is 0 Å². The normalized spacial score (nSPS) is 27.9. The quantitative estimate of drug-likeness (QED) is 0.521. The highest BCUT2D eigenvalue weighted by Gasteiger charge is 2.15. The van der Waals surface area contributed by atoms with E-state index in [1.165, 1.54) is 0 Å². The molecule has 50 valence electrons. The zero-order valence-electron chi connectivity index (χ0n) is 5.55. The third-order valence-corrected chi connectivity index (χ3v) is 1.68. The summed E-state index contributed by atoms with van der Waals surface area (Å²) in [5, 5.41) is 0. The zero-order valence-corrected chi connectivity index (χ0v) is 5.55. The highest BCUT2D eigenvalue weighted by molar-refractivity contribution is 5.92. The molecule has 0 heterocycles. The number of ketones is 1. The van der Waals surface area contributed by atoms with E-state index in [4.69, 9.17) is 5.73 Å². The Bertz CT molecular complexity index is 160. The van der Waals surface area contributed by atoms with E-state index in [9.17, 15) is 4.79 Å². The van der Waals surface area contributed by atoms with E-state index in [2.05, 4.69) is 0 Å². The second kappa shape index (κ2) is 2.21. The van der Waals surface area contributed by atoms with Crippen LogP contribution in [-0.2, 0) is 4.79 Å². The Kier molecular flexibility index (Phi) is 1.56. The van der Waals surface area contributed by atoms with Crippen molar-refractivity contribution in [1.29, 1.82) is 0 Å². The lowest BCUT2D eigenvalue weighted by molar-refractivity contribution is -0.118. The van der Waals surface area contributed by atoms with Crippen molar-refractivity contribution in [2.24, 2.45) is 11.7 Å². The molecule has 1 aliphatic rings. The molecule has 0 saturated carbocycles. The van der Waals surface area contributed by atoms with E-state index in [0.717, 1.165) is 18.5 Å². The fourth-order valence-corrected chi connectivity index (χ4v) is 0.923. The van der Waals surface area contributed by atoms with E-state index >= 15 is 0 Å². The van der Waals surface area contributed by atoms with Gasteiger partial charge in [-0.05, 0) is 12.8 Å². The van der Waals surface area contributed by atoms with Gasteiger partial charge in [0.2, 0.25) is 0 Å². The van der Waals surface area contributed by atoms with Gasteiger partial charge in [-0.2, -0.15) is 0 Å². The van der Waals surface area contributed by atoms with Crippen molar-refractivity contribution in [3.8, 4) is 0 Å². The Morgan fingerprint density at radius 3 is 2.89 bits per heavy atom. The number of carbonyl (C=O) groups is 1. The van der Waals surface area contributed by atoms with Gasteiger partial charge in [-0.25, -0.2) is 0 Å². The molecule has 1 atom stereocenters. The Labute approximate surface area is 54.7 Å². The molecule has 0 aromatic heterocycles. The van der Waals surface area contributed by atoms with Crippen molar-refractivity contribution in [2.45, 2.75) is 19.8 Å². The van der Waals surface area contributed by atoms with Crippen LogP contribution in [0.3, 0.4) is 0 Å². The molecule has 2 nitrogen and oxygen atoms in total. The lowest BCUT2D eigenvalue weighted by atomic mass is 9.93. The van der Waals surface area contributed by atoms with Gasteiger partial charge in [0.05, 0.1) is 0 Å². The Morgan fingerprint density at radius 2 is 2.44 bits per heavy atom. The minimum atomic E-state index is 0.179. The first-order valence-electron chi connectivity index (χ1n) is 3.20. The molecular formula is C7H11NO. The Balaban J connectivity index is 2.70. The fourth-order valence-electron chi connectivity index (χ4n) is 0.923. The third kappa shape index (κ3) is 1.31. The predicted molar refractivity (Wildman–Crippen MR) is 35.7 cm³/mol. The molecule has 0 amide bonds. The summed E-state index contributed by atoms with van der Waals surface area (Å²) < 4.78 is 0. The molecule has 2 heteroatoms. The highest BCUT2D eigenvalue weighted by atomic mass is 16.1. The van der Waals surface area contributed by atoms with E-state index in [1.807, 2.05) is 6.92 Å². The van der Waals surface area contributed by atoms with E-state index in [-0.39, 0.29) is 11.7 Å². The van der Waals surface area contributed by atoms with Crippen molar-refractivity contribution >= 4 is 5.78 Å². The molecule has 1 aliphatic carbocycles. The molecule has 0 aliphatic heterocycles. The van der Waals surface area contributed by atoms with Crippen molar-refractivity contribution in [3.05, 3.63) is 11.8 Å². The molecule has 0 aromatic rings. The third-order valence-electron chi connectivity index (χ3n) is 1.68. The molecule has 1 unspecified atom stereocenters. The van der Waals surface area contributed by atoms with Gasteiger partial charge in [0, 0.05) is 17.7 Å². The molecule has 1 rings (SSSR count). The van der Waals surface area contributed by atoms with E-state index < -0.39 is 0 Å². The summed E-state index contributed by atoms with van der Waals surface area (Å²) >= 11 is 0. The molecule has 0 saturated heterocycles. The Morgan fingerprint density at radius 1 is 1.78 bits per heavy atom. The Hall–Kier alpha value is -0.790. The van der Waals surface area contributed by atoms with Crippen LogP contribution in [0.2, 0.25) is 0 Å². The maximum Gasteiger partial charge on any atom is 0.160 e. The molecule has 0 radical (unpaired) electrons. The number of hydrogen-bond acceptors (Lipinski definition) is 2. The number of nitrogens with two attached hydrogens (primary N) is 1. The molecular weight excluding hydrogens is 114 g/mol. The summed E-state index contributed by atoms with van der Waals surface area (Å²) in [6.45, 7) is 1.94. The van der Waals surface area contributed by atoms with Crippen molar-refractivity contribution in [2.75, 3.05) is 0 Å². The largest absolute Gasteiger partial charge is 0.402 e. The van der Waals surface area contributed by atoms with Crippen LogP contribution in [0.5, 0.6) is 0 Å². The van der Waals surface area contributed by atoms with Gasteiger partial charge in [-0.1, -0.05) is 6.92 Å². The number of allylic oxidation sites excluding steroid dienone is 2. The van der Waals surface area contributed by atoms with Crippen LogP contribution in [0.1, 0.15) is 19.8 Å². The standard InChI is InChI=1S/C7H11NO/c1-5-2-3-6(8)4-7(5)9/h4-5H,2-3,8H2,1H3. The topological polar surface area (TPSA) is 43.1 Å². The summed E-state index contributed by atoms with van der Waals surface area (Å²) in [7, 11) is 0. The summed E-state index contributed by atoms with van der Waals surface area (Å²) in [6, 6.07) is 0. The SMILES string of the molecule is CC1CCC(N)=CC1=O. The van der Waals surface area contributed by atoms with Gasteiger partial charge in [-0.3, -0.25) is 4.79 Å². The van der Waals surface area contributed by atoms with Gasteiger partial charge in [-0.15, -0.1) is 0 Å². The van der Waals surface area contributed by atoms with Crippen molar-refractivity contribution < 1.29 is 4.79 Å². The summed E-state index contributed by atoms with van der Waals surface area (Å²) in [4.78, 5) is 10.8. The molecule has 0 bridgehead atoms. The first-order valence-corrected chi connectivity index (χ1v) is 3.20. The highest BCUT2D eigenvalue weighted by Crippen LogP contribution is 2.16. The average Bonchev–Trinajstić information content (AvgIpc) is 1.80. The van der Waals surface area contributed by atoms with Gasteiger partial charge < -0.3 is 5.73 Å². The minimum Gasteiger partial charge on any atom is -0.402 e. The monoisotopic (exact) mass is 125 g/mol. The number of rotatable bonds is 0.